The van der Waals surface area contributed by atoms with Gasteiger partial charge in [0.05, 0.1) is 5.69 Å². The Morgan fingerprint density at radius 2 is 2.00 bits per heavy atom. The summed E-state index contributed by atoms with van der Waals surface area (Å²) in [6.07, 6.45) is -3.59. The first-order valence-electron chi connectivity index (χ1n) is 4.31. The van der Waals surface area contributed by atoms with Crippen LogP contribution in [0.4, 0.5) is 13.2 Å². The van der Waals surface area contributed by atoms with Crippen LogP contribution >= 0.6 is 11.6 Å². The van der Waals surface area contributed by atoms with Crippen molar-refractivity contribution in [3.8, 4) is 0 Å². The van der Waals surface area contributed by atoms with Gasteiger partial charge in [0.15, 0.2) is 0 Å². The molecule has 0 fully saturated rings. The highest BCUT2D eigenvalue weighted by molar-refractivity contribution is 6.30. The van der Waals surface area contributed by atoms with E-state index in [2.05, 4.69) is 15.3 Å². The molecule has 0 atom stereocenters. The molecule has 1 aromatic rings. The van der Waals surface area contributed by atoms with E-state index in [1.165, 1.54) is 6.33 Å². The number of hydrogen-bond acceptors (Lipinski definition) is 4. The third-order valence-corrected chi connectivity index (χ3v) is 2.14. The van der Waals surface area contributed by atoms with E-state index >= 15 is 0 Å². The van der Waals surface area contributed by atoms with Crippen molar-refractivity contribution in [1.29, 1.82) is 0 Å². The predicted molar refractivity (Wildman–Crippen MR) is 51.3 cm³/mol. The minimum atomic E-state index is -5.08. The minimum absolute atomic E-state index is 0.579. The van der Waals surface area contributed by atoms with Crippen LogP contribution < -0.4 is 5.32 Å². The Kier molecular flexibility index (Phi) is 4.24. The molecule has 0 aliphatic carbocycles. The molecule has 1 aromatic heterocycles. The van der Waals surface area contributed by atoms with Gasteiger partial charge in [-0.05, 0) is 0 Å². The molecular formula is C8H7ClF3N3O2. The van der Waals surface area contributed by atoms with Gasteiger partial charge >= 0.3 is 12.1 Å². The van der Waals surface area contributed by atoms with Gasteiger partial charge in [0.1, 0.15) is 11.5 Å². The van der Waals surface area contributed by atoms with Crippen molar-refractivity contribution in [3.63, 3.8) is 0 Å². The normalized spacial score (nSPS) is 13.6. The van der Waals surface area contributed by atoms with E-state index in [1.54, 1.807) is 0 Å². The predicted octanol–water partition coefficient (Wildman–Crippen LogP) is 1.37. The molecule has 0 amide bonds. The van der Waals surface area contributed by atoms with Gasteiger partial charge in [-0.15, -0.1) is 0 Å². The Bertz CT molecular complexity index is 425. The lowest BCUT2D eigenvalue weighted by atomic mass is 10.3. The van der Waals surface area contributed by atoms with E-state index in [4.69, 9.17) is 21.5 Å². The van der Waals surface area contributed by atoms with Gasteiger partial charge in [-0.2, -0.15) is 13.2 Å². The molecule has 0 radical (unpaired) electrons. The van der Waals surface area contributed by atoms with Gasteiger partial charge in [-0.25, -0.2) is 14.8 Å². The molecule has 0 bridgehead atoms. The monoisotopic (exact) mass is 269 g/mol. The molecule has 1 aliphatic rings. The van der Waals surface area contributed by atoms with Gasteiger partial charge < -0.3 is 10.4 Å². The van der Waals surface area contributed by atoms with Crippen molar-refractivity contribution in [2.24, 2.45) is 0 Å². The summed E-state index contributed by atoms with van der Waals surface area (Å²) in [7, 11) is 0. The maximum absolute atomic E-state index is 10.6. The van der Waals surface area contributed by atoms with Gasteiger partial charge in [0.2, 0.25) is 0 Å². The number of rotatable bonds is 0. The number of alkyl halides is 3. The van der Waals surface area contributed by atoms with Crippen LogP contribution in [0.25, 0.3) is 0 Å². The van der Waals surface area contributed by atoms with Gasteiger partial charge in [0, 0.05) is 18.7 Å². The summed E-state index contributed by atoms with van der Waals surface area (Å²) in [5.41, 5.74) is 2.07. The summed E-state index contributed by atoms with van der Waals surface area (Å²) < 4.78 is 31.7. The largest absolute Gasteiger partial charge is 0.490 e. The van der Waals surface area contributed by atoms with Crippen LogP contribution in [-0.2, 0) is 17.9 Å². The fourth-order valence-corrected chi connectivity index (χ4v) is 1.28. The summed E-state index contributed by atoms with van der Waals surface area (Å²) in [5, 5.41) is 10.8. The van der Waals surface area contributed by atoms with E-state index in [9.17, 15) is 13.2 Å². The lowest BCUT2D eigenvalue weighted by molar-refractivity contribution is -0.192. The van der Waals surface area contributed by atoms with Crippen LogP contribution in [-0.4, -0.2) is 27.2 Å². The molecule has 9 heteroatoms. The number of nitrogens with one attached hydrogen (secondary N) is 1. The van der Waals surface area contributed by atoms with Crippen LogP contribution in [0.5, 0.6) is 0 Å². The van der Waals surface area contributed by atoms with Crippen LogP contribution in [0.15, 0.2) is 6.33 Å². The fourth-order valence-electron chi connectivity index (χ4n) is 1.06. The number of carboxylic acid groups (broad SMARTS) is 1. The zero-order chi connectivity index (χ0) is 13.1. The summed E-state index contributed by atoms with van der Waals surface area (Å²) in [5.74, 6) is -2.76. The molecule has 0 spiro atoms. The maximum atomic E-state index is 10.6. The average molecular weight is 270 g/mol. The highest BCUT2D eigenvalue weighted by atomic mass is 35.5. The van der Waals surface area contributed by atoms with Crippen LogP contribution in [0, 0.1) is 0 Å². The Labute approximate surface area is 98.6 Å². The smallest absolute Gasteiger partial charge is 0.475 e. The lowest BCUT2D eigenvalue weighted by Gasteiger charge is -1.95. The highest BCUT2D eigenvalue weighted by Gasteiger charge is 2.38. The summed E-state index contributed by atoms with van der Waals surface area (Å²) in [4.78, 5) is 16.8. The van der Waals surface area contributed by atoms with Gasteiger partial charge in [-0.3, -0.25) is 0 Å². The van der Waals surface area contributed by atoms with E-state index in [0.717, 1.165) is 24.3 Å². The van der Waals surface area contributed by atoms with Crippen LogP contribution in [0.2, 0.25) is 5.15 Å². The van der Waals surface area contributed by atoms with Crippen molar-refractivity contribution >= 4 is 17.6 Å². The molecule has 0 unspecified atom stereocenters. The molecule has 94 valence electrons. The van der Waals surface area contributed by atoms with E-state index < -0.39 is 12.1 Å². The number of aromatic nitrogens is 2. The first-order chi connectivity index (χ1) is 7.82. The molecule has 1 aliphatic heterocycles. The van der Waals surface area contributed by atoms with Crippen molar-refractivity contribution in [2.75, 3.05) is 0 Å². The lowest BCUT2D eigenvalue weighted by Crippen LogP contribution is -2.21. The van der Waals surface area contributed by atoms with Crippen molar-refractivity contribution < 1.29 is 23.1 Å². The molecule has 0 saturated heterocycles. The third kappa shape index (κ3) is 3.82. The second-order valence-corrected chi connectivity index (χ2v) is 3.35. The summed E-state index contributed by atoms with van der Waals surface area (Å²) in [6, 6.07) is 0. The molecule has 2 heterocycles. The summed E-state index contributed by atoms with van der Waals surface area (Å²) >= 11 is 5.78. The molecule has 5 nitrogen and oxygen atoms in total. The number of carbonyl (C=O) groups is 1. The average Bonchev–Trinajstić information content (AvgIpc) is 2.66. The number of fused-ring (bicyclic) bond motifs is 1. The van der Waals surface area contributed by atoms with E-state index in [1.807, 2.05) is 0 Å². The second kappa shape index (κ2) is 5.28. The molecule has 2 N–H and O–H groups in total. The third-order valence-electron chi connectivity index (χ3n) is 1.82. The van der Waals surface area contributed by atoms with E-state index in [-0.39, 0.29) is 0 Å². The molecule has 0 saturated carbocycles. The zero-order valence-corrected chi connectivity index (χ0v) is 9.01. The molecule has 2 rings (SSSR count). The molecule has 17 heavy (non-hydrogen) atoms. The fraction of sp³-hybridized carbons (Fsp3) is 0.375. The van der Waals surface area contributed by atoms with E-state index in [0.29, 0.717) is 5.15 Å². The number of halogens is 4. The van der Waals surface area contributed by atoms with Gasteiger partial charge in [0.25, 0.3) is 0 Å². The highest BCUT2D eigenvalue weighted by Crippen LogP contribution is 2.18. The SMILES string of the molecule is Clc1ncnc2c1CNC2.O=C(O)C(F)(F)F. The first-order valence-corrected chi connectivity index (χ1v) is 4.69. The summed E-state index contributed by atoms with van der Waals surface area (Å²) in [6.45, 7) is 1.62. The first kappa shape index (κ1) is 13.7. The van der Waals surface area contributed by atoms with Crippen molar-refractivity contribution in [3.05, 3.63) is 22.7 Å². The van der Waals surface area contributed by atoms with Crippen LogP contribution in [0.1, 0.15) is 11.3 Å². The molecule has 0 aromatic carbocycles. The Morgan fingerprint density at radius 3 is 2.47 bits per heavy atom. The second-order valence-electron chi connectivity index (χ2n) is 3.00. The Hall–Kier alpha value is -1.41. The van der Waals surface area contributed by atoms with Gasteiger partial charge in [-0.1, -0.05) is 11.6 Å². The van der Waals surface area contributed by atoms with Crippen molar-refractivity contribution in [1.82, 2.24) is 15.3 Å². The quantitative estimate of drug-likeness (QED) is 0.696. The number of aliphatic carboxylic acids is 1. The minimum Gasteiger partial charge on any atom is -0.475 e. The topological polar surface area (TPSA) is 75.1 Å². The zero-order valence-electron chi connectivity index (χ0n) is 8.25. The number of carboxylic acids is 1. The van der Waals surface area contributed by atoms with Crippen molar-refractivity contribution in [2.45, 2.75) is 19.3 Å². The Morgan fingerprint density at radius 1 is 1.41 bits per heavy atom. The van der Waals surface area contributed by atoms with Crippen LogP contribution in [0.3, 0.4) is 0 Å². The molecular weight excluding hydrogens is 263 g/mol. The number of hydrogen-bond donors (Lipinski definition) is 2. The standard InChI is InChI=1S/C6H6ClN3.C2HF3O2/c7-6-4-1-8-2-5(4)9-3-10-6;3-2(4,5)1(6)7/h3,8H,1-2H2;(H,6,7). The maximum Gasteiger partial charge on any atom is 0.490 e. The Balaban J connectivity index is 0.000000185. The number of nitrogens with zero attached hydrogens (tertiary/aromatic N) is 2.